The van der Waals surface area contributed by atoms with Gasteiger partial charge in [-0.05, 0) is 45.3 Å². The van der Waals surface area contributed by atoms with Gasteiger partial charge in [0, 0.05) is 38.8 Å². The Kier molecular flexibility index (Phi) is 12.3. The Hall–Kier alpha value is -3.43. The van der Waals surface area contributed by atoms with E-state index in [0.717, 1.165) is 21.6 Å². The van der Waals surface area contributed by atoms with Crippen LogP contribution in [0.25, 0.3) is 0 Å². The number of carbonyl (C=O) groups is 4. The zero-order valence-corrected chi connectivity index (χ0v) is 26.6. The summed E-state index contributed by atoms with van der Waals surface area (Å²) >= 11 is 0. The summed E-state index contributed by atoms with van der Waals surface area (Å²) in [6.07, 6.45) is 0. The number of ether oxygens (including phenoxy) is 8. The lowest BCUT2D eigenvalue weighted by Gasteiger charge is -2.22. The summed E-state index contributed by atoms with van der Waals surface area (Å²) in [5, 5.41) is 0. The van der Waals surface area contributed by atoms with E-state index < -0.39 is 23.9 Å². The fourth-order valence-corrected chi connectivity index (χ4v) is 7.81. The van der Waals surface area contributed by atoms with E-state index in [4.69, 9.17) is 37.9 Å². The Morgan fingerprint density at radius 3 is 0.927 bits per heavy atom. The molecule has 0 aliphatic rings. The van der Waals surface area contributed by atoms with Crippen LogP contribution in [-0.4, -0.2) is 52.3 Å². The topological polar surface area (TPSA) is 142 Å². The molecule has 0 saturated carbocycles. The molecular weight excluding hydrogens is 600 g/mol. The van der Waals surface area contributed by atoms with Gasteiger partial charge in [-0.25, -0.2) is 0 Å². The Morgan fingerprint density at radius 1 is 0.439 bits per heavy atom. The number of hydrogen-bond acceptors (Lipinski definition) is 15. The average molecular weight is 631 g/mol. The Bertz CT molecular complexity index is 1260. The molecule has 0 N–H and O–H groups in total. The van der Waals surface area contributed by atoms with Crippen molar-refractivity contribution in [1.82, 2.24) is 0 Å². The molecule has 0 amide bonds. The summed E-state index contributed by atoms with van der Waals surface area (Å²) in [7, 11) is 8.85. The van der Waals surface area contributed by atoms with Gasteiger partial charge in [-0.15, -0.1) is 0 Å². The van der Waals surface area contributed by atoms with E-state index in [9.17, 15) is 19.2 Å². The second kappa shape index (κ2) is 15.0. The number of esters is 4. The second-order valence-corrected chi connectivity index (χ2v) is 11.9. The molecule has 0 saturated heterocycles. The summed E-state index contributed by atoms with van der Waals surface area (Å²) < 4.78 is 43.6. The predicted octanol–water partition coefficient (Wildman–Crippen LogP) is 5.49. The third kappa shape index (κ3) is 7.86. The van der Waals surface area contributed by atoms with Crippen LogP contribution in [0.2, 0.25) is 0 Å². The minimum atomic E-state index is -0.622. The molecule has 41 heavy (non-hydrogen) atoms. The van der Waals surface area contributed by atoms with Crippen molar-refractivity contribution in [3.05, 3.63) is 11.1 Å². The van der Waals surface area contributed by atoms with Gasteiger partial charge in [0.05, 0.1) is 38.2 Å². The highest BCUT2D eigenvalue weighted by Crippen LogP contribution is 2.60. The molecule has 0 aliphatic heterocycles. The first-order valence-corrected chi connectivity index (χ1v) is 15.1. The van der Waals surface area contributed by atoms with Crippen molar-refractivity contribution in [3.8, 4) is 46.0 Å². The van der Waals surface area contributed by atoms with Gasteiger partial charge in [-0.1, -0.05) is 0 Å². The summed E-state index contributed by atoms with van der Waals surface area (Å²) in [5.41, 5.74) is 0.856. The van der Waals surface area contributed by atoms with Crippen molar-refractivity contribution in [2.75, 3.05) is 28.4 Å². The van der Waals surface area contributed by atoms with Crippen LogP contribution < -0.4 is 37.9 Å². The lowest BCUT2D eigenvalue weighted by molar-refractivity contribution is -0.133. The molecule has 0 radical (unpaired) electrons. The monoisotopic (exact) mass is 630 g/mol. The zero-order chi connectivity index (χ0) is 31.0. The van der Waals surface area contributed by atoms with Crippen molar-refractivity contribution in [2.45, 2.75) is 51.3 Å². The van der Waals surface area contributed by atoms with E-state index >= 15 is 0 Å². The van der Waals surface area contributed by atoms with Crippen LogP contribution >= 0.6 is 31.4 Å². The fraction of sp³-hybridized carbons (Fsp3) is 0.385. The van der Waals surface area contributed by atoms with Gasteiger partial charge in [-0.3, -0.25) is 19.2 Å². The summed E-state index contributed by atoms with van der Waals surface area (Å²) in [5.74, 6) is -1.96. The van der Waals surface area contributed by atoms with Crippen LogP contribution in [-0.2, 0) is 19.2 Å². The standard InChI is InChI=1S/C26H30O12S3/c1-11-17(35-13(3)27)19(31-7)21(33-9)23(37-15(5)29)25(11)39-41-40-26-12(2)18(36-14(4)28)20(32-8)22(34-10)24(26)38-16(6)30/h1-10H3. The lowest BCUT2D eigenvalue weighted by atomic mass is 10.1. The molecule has 0 spiro atoms. The predicted molar refractivity (Wildman–Crippen MR) is 153 cm³/mol. The quantitative estimate of drug-likeness (QED) is 0.166. The Balaban J connectivity index is 2.72. The second-order valence-electron chi connectivity index (χ2n) is 7.97. The minimum absolute atomic E-state index is 0.0395. The SMILES string of the molecule is COc1c(OC(C)=O)c(C)c(SSSc2c(C)c(OC(C)=O)c(OC)c(OC)c2OC(C)=O)c(OC(C)=O)c1OC. The van der Waals surface area contributed by atoms with E-state index in [1.165, 1.54) is 66.0 Å². The van der Waals surface area contributed by atoms with Crippen LogP contribution in [0.3, 0.4) is 0 Å². The van der Waals surface area contributed by atoms with Crippen LogP contribution in [0.15, 0.2) is 9.79 Å². The average Bonchev–Trinajstić information content (AvgIpc) is 2.88. The molecule has 2 aromatic carbocycles. The molecule has 0 aromatic heterocycles. The van der Waals surface area contributed by atoms with Crippen molar-refractivity contribution < 1.29 is 57.1 Å². The molecule has 224 valence electrons. The smallest absolute Gasteiger partial charge is 0.308 e. The maximum atomic E-state index is 12.0. The first-order chi connectivity index (χ1) is 19.3. The van der Waals surface area contributed by atoms with Crippen LogP contribution in [0.5, 0.6) is 46.0 Å². The third-order valence-electron chi connectivity index (χ3n) is 5.05. The molecule has 0 aliphatic carbocycles. The molecule has 15 heteroatoms. The summed E-state index contributed by atoms with van der Waals surface area (Å²) in [6.45, 7) is 8.25. The largest absolute Gasteiger partial charge is 0.490 e. The third-order valence-corrected chi connectivity index (χ3v) is 9.13. The highest BCUT2D eigenvalue weighted by molar-refractivity contribution is 9.09. The van der Waals surface area contributed by atoms with Crippen molar-refractivity contribution in [2.24, 2.45) is 0 Å². The Morgan fingerprint density at radius 2 is 0.683 bits per heavy atom. The highest BCUT2D eigenvalue weighted by Gasteiger charge is 2.31. The molecule has 0 atom stereocenters. The summed E-state index contributed by atoms with van der Waals surface area (Å²) in [6, 6.07) is 0. The van der Waals surface area contributed by atoms with Gasteiger partial charge < -0.3 is 37.9 Å². The first kappa shape index (κ1) is 33.8. The molecule has 0 fully saturated rings. The molecular formula is C26H30O12S3. The lowest BCUT2D eigenvalue weighted by Crippen LogP contribution is -2.10. The van der Waals surface area contributed by atoms with Crippen molar-refractivity contribution in [1.29, 1.82) is 0 Å². The van der Waals surface area contributed by atoms with Gasteiger partial charge in [0.1, 0.15) is 0 Å². The van der Waals surface area contributed by atoms with Crippen LogP contribution in [0, 0.1) is 13.8 Å². The number of carbonyl (C=O) groups excluding carboxylic acids is 4. The zero-order valence-electron chi connectivity index (χ0n) is 24.1. The van der Waals surface area contributed by atoms with Crippen molar-refractivity contribution >= 4 is 55.3 Å². The normalized spacial score (nSPS) is 10.4. The van der Waals surface area contributed by atoms with Crippen LogP contribution in [0.4, 0.5) is 0 Å². The van der Waals surface area contributed by atoms with Crippen molar-refractivity contribution in [3.63, 3.8) is 0 Å². The molecule has 0 bridgehead atoms. The molecule has 12 nitrogen and oxygen atoms in total. The highest BCUT2D eigenvalue weighted by atomic mass is 33.5. The summed E-state index contributed by atoms with van der Waals surface area (Å²) in [4.78, 5) is 48.5. The number of benzene rings is 2. The Labute approximate surface area is 248 Å². The van der Waals surface area contributed by atoms with Gasteiger partial charge in [0.25, 0.3) is 0 Å². The maximum absolute atomic E-state index is 12.0. The van der Waals surface area contributed by atoms with E-state index in [2.05, 4.69) is 0 Å². The van der Waals surface area contributed by atoms with Crippen LogP contribution in [0.1, 0.15) is 38.8 Å². The van der Waals surface area contributed by atoms with Gasteiger partial charge in [-0.2, -0.15) is 0 Å². The van der Waals surface area contributed by atoms with E-state index in [1.807, 2.05) is 0 Å². The number of methoxy groups -OCH3 is 4. The van der Waals surface area contributed by atoms with Gasteiger partial charge >= 0.3 is 23.9 Å². The van der Waals surface area contributed by atoms with E-state index in [0.29, 0.717) is 20.9 Å². The molecule has 2 aromatic rings. The maximum Gasteiger partial charge on any atom is 0.308 e. The molecule has 2 rings (SSSR count). The van der Waals surface area contributed by atoms with Gasteiger partial charge in [0.2, 0.25) is 23.0 Å². The fourth-order valence-electron chi connectivity index (χ4n) is 3.54. The van der Waals surface area contributed by atoms with E-state index in [-0.39, 0.29) is 46.0 Å². The molecule has 0 unspecified atom stereocenters. The number of hydrogen-bond donors (Lipinski definition) is 0. The first-order valence-electron chi connectivity index (χ1n) is 11.6. The minimum Gasteiger partial charge on any atom is -0.490 e. The number of rotatable bonds is 12. The van der Waals surface area contributed by atoms with E-state index in [1.54, 1.807) is 13.8 Å². The van der Waals surface area contributed by atoms with Gasteiger partial charge in [0.15, 0.2) is 23.0 Å². The molecule has 0 heterocycles.